The molecule has 0 bridgehead atoms. The van der Waals surface area contributed by atoms with Crippen molar-refractivity contribution in [1.29, 1.82) is 0 Å². The van der Waals surface area contributed by atoms with Gasteiger partial charge in [-0.2, -0.15) is 0 Å². The Hall–Kier alpha value is -2.31. The topological polar surface area (TPSA) is 65.5 Å². The van der Waals surface area contributed by atoms with E-state index in [2.05, 4.69) is 10.3 Å². The van der Waals surface area contributed by atoms with Crippen molar-refractivity contribution in [3.05, 3.63) is 57.7 Å². The van der Waals surface area contributed by atoms with Crippen LogP contribution >= 0.6 is 23.2 Å². The van der Waals surface area contributed by atoms with Gasteiger partial charge in [0.2, 0.25) is 0 Å². The van der Waals surface area contributed by atoms with E-state index in [0.717, 1.165) is 0 Å². The molecule has 0 spiro atoms. The van der Waals surface area contributed by atoms with E-state index in [1.807, 2.05) is 4.90 Å². The zero-order chi connectivity index (χ0) is 18.7. The molecule has 136 valence electrons. The summed E-state index contributed by atoms with van der Waals surface area (Å²) in [6.45, 7) is 2.16. The number of halogens is 2. The van der Waals surface area contributed by atoms with Gasteiger partial charge in [-0.15, -0.1) is 0 Å². The van der Waals surface area contributed by atoms with Crippen molar-refractivity contribution in [2.75, 3.05) is 38.1 Å². The Labute approximate surface area is 161 Å². The smallest absolute Gasteiger partial charge is 0.255 e. The van der Waals surface area contributed by atoms with E-state index in [4.69, 9.17) is 23.2 Å². The summed E-state index contributed by atoms with van der Waals surface area (Å²) >= 11 is 12.2. The maximum absolute atomic E-state index is 12.7. The molecule has 1 aromatic carbocycles. The van der Waals surface area contributed by atoms with Crippen LogP contribution in [0.1, 0.15) is 20.7 Å². The van der Waals surface area contributed by atoms with Crippen molar-refractivity contribution in [3.63, 3.8) is 0 Å². The van der Waals surface area contributed by atoms with Crippen LogP contribution in [0.3, 0.4) is 0 Å². The Balaban J connectivity index is 1.73. The molecule has 0 aliphatic carbocycles. The minimum absolute atomic E-state index is 0.148. The van der Waals surface area contributed by atoms with Gasteiger partial charge in [-0.05, 0) is 24.3 Å². The van der Waals surface area contributed by atoms with E-state index in [0.29, 0.717) is 48.1 Å². The Morgan fingerprint density at radius 3 is 2.42 bits per heavy atom. The van der Waals surface area contributed by atoms with Crippen LogP contribution in [0.4, 0.5) is 5.82 Å². The second-order valence-corrected chi connectivity index (χ2v) is 6.62. The predicted octanol–water partition coefficient (Wildman–Crippen LogP) is 2.71. The molecular formula is C18H18Cl2N4O2. The average Bonchev–Trinajstić information content (AvgIpc) is 2.69. The molecule has 2 heterocycles. The third-order valence-electron chi connectivity index (χ3n) is 4.31. The molecule has 1 aliphatic rings. The molecule has 2 aromatic rings. The zero-order valence-corrected chi connectivity index (χ0v) is 15.7. The lowest BCUT2D eigenvalue weighted by Gasteiger charge is -2.36. The highest BCUT2D eigenvalue weighted by atomic mass is 35.5. The molecule has 26 heavy (non-hydrogen) atoms. The number of aromatic nitrogens is 1. The fraction of sp³-hybridized carbons (Fsp3) is 0.278. The zero-order valence-electron chi connectivity index (χ0n) is 14.2. The van der Waals surface area contributed by atoms with E-state index in [1.54, 1.807) is 48.5 Å². The molecule has 1 aromatic heterocycles. The number of pyridine rings is 1. The molecule has 1 aliphatic heterocycles. The Bertz CT molecular complexity index is 836. The van der Waals surface area contributed by atoms with Crippen LogP contribution in [0, 0.1) is 0 Å². The standard InChI is InChI=1S/C18H18Cl2N4O2/c1-21-17(25)13-5-3-7-22-16(13)23-8-10-24(11-9-23)18(26)12-4-2-6-14(19)15(12)20/h2-7H,8-11H2,1H3,(H,21,25). The molecule has 1 fully saturated rings. The lowest BCUT2D eigenvalue weighted by Crippen LogP contribution is -2.49. The van der Waals surface area contributed by atoms with Crippen molar-refractivity contribution < 1.29 is 9.59 Å². The van der Waals surface area contributed by atoms with Crippen molar-refractivity contribution >= 4 is 40.8 Å². The Morgan fingerprint density at radius 2 is 1.73 bits per heavy atom. The van der Waals surface area contributed by atoms with Crippen LogP contribution in [0.15, 0.2) is 36.5 Å². The predicted molar refractivity (Wildman–Crippen MR) is 102 cm³/mol. The summed E-state index contributed by atoms with van der Waals surface area (Å²) in [6.07, 6.45) is 1.66. The summed E-state index contributed by atoms with van der Waals surface area (Å²) in [5.74, 6) is 0.293. The van der Waals surface area contributed by atoms with Crippen LogP contribution < -0.4 is 10.2 Å². The van der Waals surface area contributed by atoms with Gasteiger partial charge in [0.15, 0.2) is 0 Å². The Morgan fingerprint density at radius 1 is 1.04 bits per heavy atom. The number of piperazine rings is 1. The number of anilines is 1. The van der Waals surface area contributed by atoms with Crippen molar-refractivity contribution in [2.45, 2.75) is 0 Å². The van der Waals surface area contributed by atoms with Crippen LogP contribution in [-0.2, 0) is 0 Å². The summed E-state index contributed by atoms with van der Waals surface area (Å²) in [6, 6.07) is 8.51. The van der Waals surface area contributed by atoms with E-state index >= 15 is 0 Å². The largest absolute Gasteiger partial charge is 0.355 e. The monoisotopic (exact) mass is 392 g/mol. The minimum Gasteiger partial charge on any atom is -0.355 e. The first kappa shape index (κ1) is 18.5. The van der Waals surface area contributed by atoms with Gasteiger partial charge >= 0.3 is 0 Å². The maximum atomic E-state index is 12.7. The van der Waals surface area contributed by atoms with Gasteiger partial charge in [0.05, 0.1) is 21.2 Å². The highest BCUT2D eigenvalue weighted by Gasteiger charge is 2.26. The molecule has 2 amide bonds. The first-order valence-corrected chi connectivity index (χ1v) is 8.94. The van der Waals surface area contributed by atoms with E-state index in [9.17, 15) is 9.59 Å². The number of benzene rings is 1. The van der Waals surface area contributed by atoms with E-state index < -0.39 is 0 Å². The average molecular weight is 393 g/mol. The van der Waals surface area contributed by atoms with Crippen LogP contribution in [0.5, 0.6) is 0 Å². The number of nitrogens with one attached hydrogen (secondary N) is 1. The summed E-state index contributed by atoms with van der Waals surface area (Å²) < 4.78 is 0. The summed E-state index contributed by atoms with van der Waals surface area (Å²) in [4.78, 5) is 32.8. The molecule has 1 saturated heterocycles. The molecule has 6 nitrogen and oxygen atoms in total. The summed E-state index contributed by atoms with van der Waals surface area (Å²) in [5.41, 5.74) is 0.921. The fourth-order valence-corrected chi connectivity index (χ4v) is 3.30. The molecule has 0 unspecified atom stereocenters. The summed E-state index contributed by atoms with van der Waals surface area (Å²) in [7, 11) is 1.59. The molecule has 8 heteroatoms. The first-order chi connectivity index (χ1) is 12.5. The van der Waals surface area contributed by atoms with Crippen molar-refractivity contribution in [2.24, 2.45) is 0 Å². The molecule has 3 rings (SSSR count). The normalized spacial score (nSPS) is 14.3. The molecule has 0 saturated carbocycles. The fourth-order valence-electron chi connectivity index (χ4n) is 2.92. The second kappa shape index (κ2) is 7.93. The van der Waals surface area contributed by atoms with Gasteiger partial charge in [0.1, 0.15) is 5.82 Å². The van der Waals surface area contributed by atoms with E-state index in [-0.39, 0.29) is 16.8 Å². The van der Waals surface area contributed by atoms with Gasteiger partial charge in [0, 0.05) is 39.4 Å². The van der Waals surface area contributed by atoms with Gasteiger partial charge in [-0.25, -0.2) is 4.98 Å². The SMILES string of the molecule is CNC(=O)c1cccnc1N1CCN(C(=O)c2cccc(Cl)c2Cl)CC1. The highest BCUT2D eigenvalue weighted by molar-refractivity contribution is 6.43. The van der Waals surface area contributed by atoms with Gasteiger partial charge in [-0.1, -0.05) is 29.3 Å². The molecular weight excluding hydrogens is 375 g/mol. The summed E-state index contributed by atoms with van der Waals surface area (Å²) in [5, 5.41) is 3.26. The van der Waals surface area contributed by atoms with Crippen molar-refractivity contribution in [3.8, 4) is 0 Å². The Kier molecular flexibility index (Phi) is 5.64. The maximum Gasteiger partial charge on any atom is 0.255 e. The van der Waals surface area contributed by atoms with Crippen LogP contribution in [0.2, 0.25) is 10.0 Å². The van der Waals surface area contributed by atoms with Gasteiger partial charge in [-0.3, -0.25) is 9.59 Å². The molecule has 0 atom stereocenters. The lowest BCUT2D eigenvalue weighted by molar-refractivity contribution is 0.0746. The number of carbonyl (C=O) groups is 2. The number of hydrogen-bond acceptors (Lipinski definition) is 4. The van der Waals surface area contributed by atoms with Crippen LogP contribution in [-0.4, -0.2) is 54.9 Å². The second-order valence-electron chi connectivity index (χ2n) is 5.83. The first-order valence-electron chi connectivity index (χ1n) is 8.18. The number of hydrogen-bond donors (Lipinski definition) is 1. The van der Waals surface area contributed by atoms with Gasteiger partial charge < -0.3 is 15.1 Å². The molecule has 0 radical (unpaired) electrons. The van der Waals surface area contributed by atoms with Gasteiger partial charge in [0.25, 0.3) is 11.8 Å². The number of rotatable bonds is 3. The third kappa shape index (κ3) is 3.61. The highest BCUT2D eigenvalue weighted by Crippen LogP contribution is 2.27. The van der Waals surface area contributed by atoms with E-state index in [1.165, 1.54) is 0 Å². The van der Waals surface area contributed by atoms with Crippen molar-refractivity contribution in [1.82, 2.24) is 15.2 Å². The van der Waals surface area contributed by atoms with Crippen LogP contribution in [0.25, 0.3) is 0 Å². The number of nitrogens with zero attached hydrogens (tertiary/aromatic N) is 3. The number of carbonyl (C=O) groups excluding carboxylic acids is 2. The third-order valence-corrected chi connectivity index (χ3v) is 5.13. The number of amides is 2. The quantitative estimate of drug-likeness (QED) is 0.871. The minimum atomic E-state index is -0.183. The lowest BCUT2D eigenvalue weighted by atomic mass is 10.1. The molecule has 1 N–H and O–H groups in total.